The SMILES string of the molecule is CCCn1c(Cn2cc(CN)nn2)nc2cc(F)ccc21. The lowest BCUT2D eigenvalue weighted by Gasteiger charge is -2.07. The van der Waals surface area contributed by atoms with Gasteiger partial charge in [-0.2, -0.15) is 0 Å². The summed E-state index contributed by atoms with van der Waals surface area (Å²) in [5.74, 6) is 0.562. The summed E-state index contributed by atoms with van der Waals surface area (Å²) in [5.41, 5.74) is 7.87. The third kappa shape index (κ3) is 2.64. The number of aromatic nitrogens is 5. The van der Waals surface area contributed by atoms with Crippen molar-refractivity contribution in [3.05, 3.63) is 41.7 Å². The maximum atomic E-state index is 13.3. The zero-order valence-corrected chi connectivity index (χ0v) is 11.8. The molecule has 0 saturated carbocycles. The van der Waals surface area contributed by atoms with Gasteiger partial charge in [-0.05, 0) is 18.6 Å². The molecule has 0 amide bonds. The molecule has 7 heteroatoms. The van der Waals surface area contributed by atoms with Crippen molar-refractivity contribution in [1.29, 1.82) is 0 Å². The van der Waals surface area contributed by atoms with Gasteiger partial charge in [-0.25, -0.2) is 14.1 Å². The van der Waals surface area contributed by atoms with Gasteiger partial charge in [0.2, 0.25) is 0 Å². The monoisotopic (exact) mass is 288 g/mol. The standard InChI is InChI=1S/C14H17FN6/c1-2-5-21-13-4-3-10(15)6-12(13)17-14(21)9-20-8-11(7-16)18-19-20/h3-4,6,8H,2,5,7,9,16H2,1H3. The summed E-state index contributed by atoms with van der Waals surface area (Å²) in [4.78, 5) is 4.53. The van der Waals surface area contributed by atoms with E-state index in [9.17, 15) is 4.39 Å². The number of hydrogen-bond acceptors (Lipinski definition) is 4. The normalized spacial score (nSPS) is 11.4. The lowest BCUT2D eigenvalue weighted by molar-refractivity contribution is 0.578. The topological polar surface area (TPSA) is 74.5 Å². The fourth-order valence-corrected chi connectivity index (χ4v) is 2.40. The van der Waals surface area contributed by atoms with Crippen LogP contribution in [-0.4, -0.2) is 24.5 Å². The molecular weight excluding hydrogens is 271 g/mol. The summed E-state index contributed by atoms with van der Waals surface area (Å²) in [7, 11) is 0. The van der Waals surface area contributed by atoms with E-state index in [1.54, 1.807) is 16.9 Å². The van der Waals surface area contributed by atoms with Crippen LogP contribution in [0.3, 0.4) is 0 Å². The minimum Gasteiger partial charge on any atom is -0.326 e. The Labute approximate surface area is 121 Å². The third-order valence-corrected chi connectivity index (χ3v) is 3.34. The Morgan fingerprint density at radius 3 is 2.90 bits per heavy atom. The van der Waals surface area contributed by atoms with Crippen LogP contribution in [0, 0.1) is 5.82 Å². The van der Waals surface area contributed by atoms with Crippen LogP contribution in [0.15, 0.2) is 24.4 Å². The summed E-state index contributed by atoms with van der Waals surface area (Å²) < 4.78 is 17.1. The number of aryl methyl sites for hydroxylation is 1. The van der Waals surface area contributed by atoms with E-state index in [-0.39, 0.29) is 5.82 Å². The lowest BCUT2D eigenvalue weighted by Crippen LogP contribution is -2.09. The second kappa shape index (κ2) is 5.61. The Morgan fingerprint density at radius 1 is 1.33 bits per heavy atom. The molecule has 0 bridgehead atoms. The molecule has 0 unspecified atom stereocenters. The van der Waals surface area contributed by atoms with Gasteiger partial charge < -0.3 is 10.3 Å². The van der Waals surface area contributed by atoms with E-state index < -0.39 is 0 Å². The average Bonchev–Trinajstić information content (AvgIpc) is 3.05. The van der Waals surface area contributed by atoms with Gasteiger partial charge >= 0.3 is 0 Å². The molecule has 2 heterocycles. The number of fused-ring (bicyclic) bond motifs is 1. The number of imidazole rings is 1. The highest BCUT2D eigenvalue weighted by molar-refractivity contribution is 5.76. The summed E-state index contributed by atoms with van der Waals surface area (Å²) in [6.45, 7) is 3.77. The molecule has 0 saturated heterocycles. The molecule has 0 atom stereocenters. The molecule has 0 radical (unpaired) electrons. The fraction of sp³-hybridized carbons (Fsp3) is 0.357. The van der Waals surface area contributed by atoms with E-state index >= 15 is 0 Å². The predicted octanol–water partition coefficient (Wildman–Crippen LogP) is 1.68. The van der Waals surface area contributed by atoms with Crippen molar-refractivity contribution >= 4 is 11.0 Å². The summed E-state index contributed by atoms with van der Waals surface area (Å²) in [6, 6.07) is 4.68. The van der Waals surface area contributed by atoms with Crippen LogP contribution in [0.2, 0.25) is 0 Å². The van der Waals surface area contributed by atoms with Gasteiger partial charge in [-0.15, -0.1) is 5.10 Å². The summed E-state index contributed by atoms with van der Waals surface area (Å²) in [6.07, 6.45) is 2.78. The first-order valence-corrected chi connectivity index (χ1v) is 6.95. The van der Waals surface area contributed by atoms with E-state index in [4.69, 9.17) is 5.73 Å². The Morgan fingerprint density at radius 2 is 2.19 bits per heavy atom. The summed E-state index contributed by atoms with van der Waals surface area (Å²) in [5, 5.41) is 8.00. The number of nitrogens with two attached hydrogens (primary N) is 1. The molecule has 3 rings (SSSR count). The second-order valence-electron chi connectivity index (χ2n) is 4.92. The van der Waals surface area contributed by atoms with Crippen molar-refractivity contribution in [2.45, 2.75) is 33.0 Å². The smallest absolute Gasteiger partial charge is 0.131 e. The van der Waals surface area contributed by atoms with Crippen LogP contribution in [0.5, 0.6) is 0 Å². The highest BCUT2D eigenvalue weighted by Gasteiger charge is 2.12. The van der Waals surface area contributed by atoms with Crippen molar-refractivity contribution in [2.24, 2.45) is 5.73 Å². The van der Waals surface area contributed by atoms with Crippen molar-refractivity contribution < 1.29 is 4.39 Å². The van der Waals surface area contributed by atoms with Gasteiger partial charge in [0.25, 0.3) is 0 Å². The lowest BCUT2D eigenvalue weighted by atomic mass is 10.3. The maximum absolute atomic E-state index is 13.3. The number of rotatable bonds is 5. The zero-order valence-electron chi connectivity index (χ0n) is 11.8. The fourth-order valence-electron chi connectivity index (χ4n) is 2.40. The first-order chi connectivity index (χ1) is 10.2. The van der Waals surface area contributed by atoms with Crippen LogP contribution in [0.4, 0.5) is 4.39 Å². The van der Waals surface area contributed by atoms with Gasteiger partial charge in [0.1, 0.15) is 18.2 Å². The third-order valence-electron chi connectivity index (χ3n) is 3.34. The first-order valence-electron chi connectivity index (χ1n) is 6.95. The number of halogens is 1. The van der Waals surface area contributed by atoms with Crippen LogP contribution in [0.25, 0.3) is 11.0 Å². The van der Waals surface area contributed by atoms with E-state index in [1.807, 2.05) is 0 Å². The molecule has 2 aromatic heterocycles. The molecule has 110 valence electrons. The molecule has 2 N–H and O–H groups in total. The number of hydrogen-bond donors (Lipinski definition) is 1. The maximum Gasteiger partial charge on any atom is 0.131 e. The predicted molar refractivity (Wildman–Crippen MR) is 77.0 cm³/mol. The van der Waals surface area contributed by atoms with E-state index in [2.05, 4.69) is 26.8 Å². The largest absolute Gasteiger partial charge is 0.326 e. The van der Waals surface area contributed by atoms with Crippen molar-refractivity contribution in [3.8, 4) is 0 Å². The van der Waals surface area contributed by atoms with Crippen LogP contribution < -0.4 is 5.73 Å². The molecular formula is C14H17FN6. The van der Waals surface area contributed by atoms with Gasteiger partial charge in [0, 0.05) is 19.2 Å². The van der Waals surface area contributed by atoms with Gasteiger partial charge in [-0.3, -0.25) is 0 Å². The Bertz CT molecular complexity index is 760. The van der Waals surface area contributed by atoms with Gasteiger partial charge in [0.15, 0.2) is 0 Å². The molecule has 21 heavy (non-hydrogen) atoms. The minimum atomic E-state index is -0.277. The number of nitrogens with zero attached hydrogens (tertiary/aromatic N) is 5. The molecule has 3 aromatic rings. The number of benzene rings is 1. The van der Waals surface area contributed by atoms with Crippen molar-refractivity contribution in [3.63, 3.8) is 0 Å². The van der Waals surface area contributed by atoms with E-state index in [1.165, 1.54) is 12.1 Å². The average molecular weight is 288 g/mol. The van der Waals surface area contributed by atoms with E-state index in [0.29, 0.717) is 18.6 Å². The highest BCUT2D eigenvalue weighted by atomic mass is 19.1. The molecule has 6 nitrogen and oxygen atoms in total. The minimum absolute atomic E-state index is 0.277. The Balaban J connectivity index is 2.01. The molecule has 0 fully saturated rings. The zero-order chi connectivity index (χ0) is 14.8. The summed E-state index contributed by atoms with van der Waals surface area (Å²) >= 11 is 0. The Hall–Kier alpha value is -2.28. The van der Waals surface area contributed by atoms with Crippen LogP contribution in [-0.2, 0) is 19.6 Å². The quantitative estimate of drug-likeness (QED) is 0.775. The van der Waals surface area contributed by atoms with Crippen LogP contribution >= 0.6 is 0 Å². The molecule has 0 aliphatic heterocycles. The van der Waals surface area contributed by atoms with E-state index in [0.717, 1.165) is 30.0 Å². The van der Waals surface area contributed by atoms with Gasteiger partial charge in [0.05, 0.1) is 22.9 Å². The second-order valence-corrected chi connectivity index (χ2v) is 4.92. The Kier molecular flexibility index (Phi) is 3.66. The van der Waals surface area contributed by atoms with Crippen molar-refractivity contribution in [2.75, 3.05) is 0 Å². The molecule has 0 aliphatic carbocycles. The van der Waals surface area contributed by atoms with Crippen LogP contribution in [0.1, 0.15) is 24.9 Å². The molecule has 1 aromatic carbocycles. The molecule has 0 spiro atoms. The highest BCUT2D eigenvalue weighted by Crippen LogP contribution is 2.18. The van der Waals surface area contributed by atoms with Crippen molar-refractivity contribution in [1.82, 2.24) is 24.5 Å². The first kappa shape index (κ1) is 13.7. The molecule has 0 aliphatic rings. The van der Waals surface area contributed by atoms with Gasteiger partial charge in [-0.1, -0.05) is 12.1 Å².